The number of sulfonamides is 1. The molecule has 0 atom stereocenters. The van der Waals surface area contributed by atoms with Gasteiger partial charge in [-0.25, -0.2) is 8.42 Å². The van der Waals surface area contributed by atoms with Gasteiger partial charge in [0.05, 0.1) is 10.0 Å². The first-order chi connectivity index (χ1) is 3.56. The lowest BCUT2D eigenvalue weighted by Crippen LogP contribution is -1.99. The SMILES string of the molecule is CS(=O)(=O)[N-]CCO. The average Bonchev–Trinajstić information content (AvgIpc) is 1.59. The molecule has 4 nitrogen and oxygen atoms in total. The summed E-state index contributed by atoms with van der Waals surface area (Å²) in [5.74, 6) is 0. The van der Waals surface area contributed by atoms with Crippen molar-refractivity contribution in [2.75, 3.05) is 19.4 Å². The summed E-state index contributed by atoms with van der Waals surface area (Å²) in [6, 6.07) is 0. The minimum Gasteiger partial charge on any atom is -0.547 e. The molecule has 0 aromatic carbocycles. The molecule has 0 amide bonds. The molecular formula is C3H8NO3S-. The van der Waals surface area contributed by atoms with Gasteiger partial charge in [0.25, 0.3) is 0 Å². The van der Waals surface area contributed by atoms with Crippen LogP contribution in [-0.2, 0) is 10.0 Å². The normalized spacial score (nSPS) is 11.8. The molecule has 5 heteroatoms. The van der Waals surface area contributed by atoms with Gasteiger partial charge in [0.1, 0.15) is 0 Å². The Bertz CT molecular complexity index is 139. The van der Waals surface area contributed by atoms with Crippen molar-refractivity contribution in [2.45, 2.75) is 0 Å². The number of hydrogen-bond donors (Lipinski definition) is 1. The molecule has 0 aliphatic carbocycles. The lowest BCUT2D eigenvalue weighted by molar-refractivity contribution is 0.314. The van der Waals surface area contributed by atoms with Crippen molar-refractivity contribution in [3.8, 4) is 0 Å². The van der Waals surface area contributed by atoms with Crippen LogP contribution in [0.15, 0.2) is 0 Å². The predicted octanol–water partition coefficient (Wildman–Crippen LogP) is -0.688. The monoisotopic (exact) mass is 138 g/mol. The fraction of sp³-hybridized carbons (Fsp3) is 1.00. The van der Waals surface area contributed by atoms with Gasteiger partial charge in [0.15, 0.2) is 0 Å². The van der Waals surface area contributed by atoms with Crippen molar-refractivity contribution in [1.29, 1.82) is 0 Å². The van der Waals surface area contributed by atoms with E-state index in [0.717, 1.165) is 6.26 Å². The summed E-state index contributed by atoms with van der Waals surface area (Å²) < 4.78 is 23.3. The van der Waals surface area contributed by atoms with E-state index in [1.165, 1.54) is 0 Å². The highest BCUT2D eigenvalue weighted by atomic mass is 32.2. The van der Waals surface area contributed by atoms with E-state index in [-0.39, 0.29) is 13.2 Å². The van der Waals surface area contributed by atoms with Crippen molar-refractivity contribution in [1.82, 2.24) is 0 Å². The molecule has 0 radical (unpaired) electrons. The van der Waals surface area contributed by atoms with Gasteiger partial charge in [-0.2, -0.15) is 0 Å². The maximum atomic E-state index is 10.1. The van der Waals surface area contributed by atoms with Crippen LogP contribution in [0.5, 0.6) is 0 Å². The van der Waals surface area contributed by atoms with E-state index < -0.39 is 10.0 Å². The van der Waals surface area contributed by atoms with E-state index in [9.17, 15) is 8.42 Å². The Morgan fingerprint density at radius 2 is 2.12 bits per heavy atom. The zero-order valence-corrected chi connectivity index (χ0v) is 5.35. The first kappa shape index (κ1) is 7.87. The lowest BCUT2D eigenvalue weighted by Gasteiger charge is -2.12. The predicted molar refractivity (Wildman–Crippen MR) is 30.2 cm³/mol. The molecule has 0 aliphatic rings. The van der Waals surface area contributed by atoms with E-state index in [4.69, 9.17) is 5.11 Å². The molecule has 0 aromatic rings. The third-order valence-electron chi connectivity index (χ3n) is 0.426. The van der Waals surface area contributed by atoms with E-state index in [2.05, 4.69) is 4.72 Å². The standard InChI is InChI=1S/C3H8NO3S/c1-8(6,7)4-2-3-5/h5H,2-3H2,1H3/q-1. The second-order valence-corrected chi connectivity index (χ2v) is 3.03. The molecular weight excluding hydrogens is 130 g/mol. The Morgan fingerprint density at radius 3 is 2.25 bits per heavy atom. The summed E-state index contributed by atoms with van der Waals surface area (Å²) in [7, 11) is -3.22. The van der Waals surface area contributed by atoms with Gasteiger partial charge in [-0.05, 0) is 0 Å². The topological polar surface area (TPSA) is 68.5 Å². The molecule has 50 valence electrons. The van der Waals surface area contributed by atoms with Gasteiger partial charge in [-0.15, -0.1) is 6.54 Å². The maximum Gasteiger partial charge on any atom is 0.0693 e. The number of hydrogen-bond acceptors (Lipinski definition) is 3. The highest BCUT2D eigenvalue weighted by Gasteiger charge is 1.80. The minimum absolute atomic E-state index is 0.0289. The molecule has 0 saturated heterocycles. The lowest BCUT2D eigenvalue weighted by atomic mass is 10.8. The molecule has 0 bridgehead atoms. The summed E-state index contributed by atoms with van der Waals surface area (Å²) in [5.41, 5.74) is 0. The molecule has 1 N–H and O–H groups in total. The van der Waals surface area contributed by atoms with E-state index in [0.29, 0.717) is 0 Å². The van der Waals surface area contributed by atoms with E-state index >= 15 is 0 Å². The Morgan fingerprint density at radius 1 is 1.62 bits per heavy atom. The van der Waals surface area contributed by atoms with Gasteiger partial charge in [0.2, 0.25) is 0 Å². The first-order valence-corrected chi connectivity index (χ1v) is 3.90. The molecule has 0 spiro atoms. The number of aliphatic hydroxyl groups is 1. The van der Waals surface area contributed by atoms with Crippen LogP contribution in [0.3, 0.4) is 0 Å². The molecule has 0 rings (SSSR count). The Hall–Kier alpha value is -0.130. The van der Waals surface area contributed by atoms with Crippen LogP contribution in [0.1, 0.15) is 0 Å². The Kier molecular flexibility index (Phi) is 2.96. The van der Waals surface area contributed by atoms with Gasteiger partial charge in [-0.3, -0.25) is 0 Å². The van der Waals surface area contributed by atoms with Crippen molar-refractivity contribution < 1.29 is 13.5 Å². The smallest absolute Gasteiger partial charge is 0.0693 e. The third kappa shape index (κ3) is 5.87. The summed E-state index contributed by atoms with van der Waals surface area (Å²) in [6.45, 7) is -0.244. The molecule has 0 aliphatic heterocycles. The molecule has 0 saturated carbocycles. The van der Waals surface area contributed by atoms with Crippen molar-refractivity contribution in [3.63, 3.8) is 0 Å². The zero-order valence-electron chi connectivity index (χ0n) is 4.53. The van der Waals surface area contributed by atoms with Crippen LogP contribution >= 0.6 is 0 Å². The molecule has 8 heavy (non-hydrogen) atoms. The van der Waals surface area contributed by atoms with Gasteiger partial charge < -0.3 is 9.83 Å². The van der Waals surface area contributed by atoms with Crippen molar-refractivity contribution in [2.24, 2.45) is 0 Å². The van der Waals surface area contributed by atoms with Crippen LogP contribution in [0.25, 0.3) is 4.72 Å². The summed E-state index contributed by atoms with van der Waals surface area (Å²) in [4.78, 5) is 0. The number of aliphatic hydroxyl groups excluding tert-OH is 1. The maximum absolute atomic E-state index is 10.1. The number of rotatable bonds is 3. The average molecular weight is 138 g/mol. The quantitative estimate of drug-likeness (QED) is 0.561. The van der Waals surface area contributed by atoms with Crippen LogP contribution in [0.2, 0.25) is 0 Å². The second kappa shape index (κ2) is 3.01. The number of nitrogens with zero attached hydrogens (tertiary/aromatic N) is 1. The van der Waals surface area contributed by atoms with Gasteiger partial charge >= 0.3 is 0 Å². The van der Waals surface area contributed by atoms with Gasteiger partial charge in [0, 0.05) is 12.9 Å². The molecule has 0 fully saturated rings. The molecule has 0 heterocycles. The van der Waals surface area contributed by atoms with E-state index in [1.807, 2.05) is 0 Å². The highest BCUT2D eigenvalue weighted by molar-refractivity contribution is 7.93. The molecule has 0 aromatic heterocycles. The fourth-order valence-corrected chi connectivity index (χ4v) is 0.620. The summed E-state index contributed by atoms with van der Waals surface area (Å²) in [5, 5.41) is 8.07. The Labute approximate surface area is 48.6 Å². The fourth-order valence-electron chi connectivity index (χ4n) is 0.207. The van der Waals surface area contributed by atoms with Crippen LogP contribution in [0.4, 0.5) is 0 Å². The van der Waals surface area contributed by atoms with Crippen molar-refractivity contribution in [3.05, 3.63) is 4.72 Å². The van der Waals surface area contributed by atoms with Crippen molar-refractivity contribution >= 4 is 10.0 Å². The minimum atomic E-state index is -3.22. The van der Waals surface area contributed by atoms with Crippen LogP contribution in [0, 0.1) is 0 Å². The molecule has 0 unspecified atom stereocenters. The third-order valence-corrected chi connectivity index (χ3v) is 1.08. The zero-order chi connectivity index (χ0) is 6.62. The van der Waals surface area contributed by atoms with Crippen LogP contribution in [-0.4, -0.2) is 32.9 Å². The Balaban J connectivity index is 3.42. The summed E-state index contributed by atoms with van der Waals surface area (Å²) >= 11 is 0. The summed E-state index contributed by atoms with van der Waals surface area (Å²) in [6.07, 6.45) is 0.989. The largest absolute Gasteiger partial charge is 0.547 e. The van der Waals surface area contributed by atoms with Crippen LogP contribution < -0.4 is 0 Å². The second-order valence-electron chi connectivity index (χ2n) is 1.31. The van der Waals surface area contributed by atoms with Gasteiger partial charge in [-0.1, -0.05) is 0 Å². The first-order valence-electron chi connectivity index (χ1n) is 2.06. The van der Waals surface area contributed by atoms with E-state index in [1.54, 1.807) is 0 Å². The highest BCUT2D eigenvalue weighted by Crippen LogP contribution is 1.93.